The maximum absolute atomic E-state index is 5.59. The predicted molar refractivity (Wildman–Crippen MR) is 42.0 cm³/mol. The van der Waals surface area contributed by atoms with E-state index in [0.717, 1.165) is 11.5 Å². The summed E-state index contributed by atoms with van der Waals surface area (Å²) in [4.78, 5) is 0. The minimum atomic E-state index is -0.0411. The van der Waals surface area contributed by atoms with E-state index >= 15 is 0 Å². The molecule has 0 aromatic carbocycles. The minimum absolute atomic E-state index is 0.0411. The highest BCUT2D eigenvalue weighted by Gasteiger charge is 2.04. The molecule has 0 aliphatic rings. The molecule has 62 valence electrons. The lowest BCUT2D eigenvalue weighted by Crippen LogP contribution is -2.02. The summed E-state index contributed by atoms with van der Waals surface area (Å²) in [5, 5.41) is 0. The van der Waals surface area contributed by atoms with E-state index in [1.807, 2.05) is 19.1 Å². The second-order valence-electron chi connectivity index (χ2n) is 2.53. The highest BCUT2D eigenvalue weighted by Crippen LogP contribution is 2.14. The zero-order valence-corrected chi connectivity index (χ0v) is 6.83. The Morgan fingerprint density at radius 2 is 2.36 bits per heavy atom. The SMILES string of the molecule is COCc1ccc(C(C)N)o1. The molecule has 0 saturated heterocycles. The van der Waals surface area contributed by atoms with Crippen molar-refractivity contribution in [1.29, 1.82) is 0 Å². The van der Waals surface area contributed by atoms with Crippen LogP contribution in [0, 0.1) is 0 Å². The maximum Gasteiger partial charge on any atom is 0.129 e. The molecule has 11 heavy (non-hydrogen) atoms. The third-order valence-corrected chi connectivity index (χ3v) is 1.42. The minimum Gasteiger partial charge on any atom is -0.462 e. The molecule has 0 saturated carbocycles. The summed E-state index contributed by atoms with van der Waals surface area (Å²) in [6.45, 7) is 2.39. The highest BCUT2D eigenvalue weighted by molar-refractivity contribution is 5.08. The smallest absolute Gasteiger partial charge is 0.129 e. The van der Waals surface area contributed by atoms with Crippen LogP contribution in [-0.2, 0) is 11.3 Å². The van der Waals surface area contributed by atoms with Gasteiger partial charge in [0.25, 0.3) is 0 Å². The van der Waals surface area contributed by atoms with E-state index in [-0.39, 0.29) is 6.04 Å². The van der Waals surface area contributed by atoms with Crippen LogP contribution in [0.2, 0.25) is 0 Å². The van der Waals surface area contributed by atoms with Crippen molar-refractivity contribution in [2.45, 2.75) is 19.6 Å². The van der Waals surface area contributed by atoms with Gasteiger partial charge in [0.15, 0.2) is 0 Å². The lowest BCUT2D eigenvalue weighted by atomic mass is 10.3. The Bertz CT molecular complexity index is 218. The molecule has 1 atom stereocenters. The zero-order valence-electron chi connectivity index (χ0n) is 6.83. The zero-order chi connectivity index (χ0) is 8.27. The lowest BCUT2D eigenvalue weighted by Gasteiger charge is -1.98. The third-order valence-electron chi connectivity index (χ3n) is 1.42. The topological polar surface area (TPSA) is 48.4 Å². The Morgan fingerprint density at radius 3 is 2.82 bits per heavy atom. The quantitative estimate of drug-likeness (QED) is 0.718. The third kappa shape index (κ3) is 2.06. The molecule has 0 aliphatic carbocycles. The first-order chi connectivity index (χ1) is 5.24. The Morgan fingerprint density at radius 1 is 1.64 bits per heavy atom. The average molecular weight is 155 g/mol. The van der Waals surface area contributed by atoms with Crippen LogP contribution in [0.3, 0.4) is 0 Å². The van der Waals surface area contributed by atoms with Crippen molar-refractivity contribution in [3.63, 3.8) is 0 Å². The summed E-state index contributed by atoms with van der Waals surface area (Å²) in [5.41, 5.74) is 5.59. The van der Waals surface area contributed by atoms with Gasteiger partial charge in [-0.2, -0.15) is 0 Å². The van der Waals surface area contributed by atoms with Gasteiger partial charge in [0.1, 0.15) is 18.1 Å². The second kappa shape index (κ2) is 3.55. The largest absolute Gasteiger partial charge is 0.462 e. The number of hydrogen-bond acceptors (Lipinski definition) is 3. The van der Waals surface area contributed by atoms with Gasteiger partial charge in [-0.3, -0.25) is 0 Å². The van der Waals surface area contributed by atoms with Gasteiger partial charge in [0.05, 0.1) is 6.04 Å². The Hall–Kier alpha value is -0.800. The summed E-state index contributed by atoms with van der Waals surface area (Å²) in [6.07, 6.45) is 0. The molecule has 3 heteroatoms. The number of rotatable bonds is 3. The summed E-state index contributed by atoms with van der Waals surface area (Å²) in [7, 11) is 1.63. The molecule has 0 spiro atoms. The number of hydrogen-bond donors (Lipinski definition) is 1. The van der Waals surface area contributed by atoms with Crippen molar-refractivity contribution in [2.24, 2.45) is 5.73 Å². The summed E-state index contributed by atoms with van der Waals surface area (Å²) in [6, 6.07) is 3.71. The molecule has 0 bridgehead atoms. The van der Waals surface area contributed by atoms with E-state index < -0.39 is 0 Å². The number of furan rings is 1. The standard InChI is InChI=1S/C8H13NO2/c1-6(9)8-4-3-7(11-8)5-10-2/h3-4,6H,5,9H2,1-2H3. The fraction of sp³-hybridized carbons (Fsp3) is 0.500. The molecular weight excluding hydrogens is 142 g/mol. The van der Waals surface area contributed by atoms with E-state index in [2.05, 4.69) is 0 Å². The lowest BCUT2D eigenvalue weighted by molar-refractivity contribution is 0.162. The Labute approximate surface area is 66.1 Å². The maximum atomic E-state index is 5.59. The fourth-order valence-corrected chi connectivity index (χ4v) is 0.859. The number of nitrogens with two attached hydrogens (primary N) is 1. The van der Waals surface area contributed by atoms with Crippen LogP contribution < -0.4 is 5.73 Å². The summed E-state index contributed by atoms with van der Waals surface area (Å²) in [5.74, 6) is 1.62. The van der Waals surface area contributed by atoms with Crippen LogP contribution >= 0.6 is 0 Å². The van der Waals surface area contributed by atoms with Crippen molar-refractivity contribution in [1.82, 2.24) is 0 Å². The van der Waals surface area contributed by atoms with Crippen LogP contribution in [0.1, 0.15) is 24.5 Å². The first-order valence-corrected chi connectivity index (χ1v) is 3.57. The number of methoxy groups -OCH3 is 1. The van der Waals surface area contributed by atoms with Crippen LogP contribution in [-0.4, -0.2) is 7.11 Å². The summed E-state index contributed by atoms with van der Waals surface area (Å²) < 4.78 is 10.2. The Balaban J connectivity index is 2.66. The molecule has 0 fully saturated rings. The first kappa shape index (κ1) is 8.30. The van der Waals surface area contributed by atoms with E-state index in [0.29, 0.717) is 6.61 Å². The van der Waals surface area contributed by atoms with E-state index in [1.54, 1.807) is 7.11 Å². The molecule has 2 N–H and O–H groups in total. The van der Waals surface area contributed by atoms with Gasteiger partial charge in [-0.15, -0.1) is 0 Å². The normalized spacial score (nSPS) is 13.4. The van der Waals surface area contributed by atoms with E-state index in [9.17, 15) is 0 Å². The monoisotopic (exact) mass is 155 g/mol. The van der Waals surface area contributed by atoms with Gasteiger partial charge in [-0.05, 0) is 19.1 Å². The van der Waals surface area contributed by atoms with Gasteiger partial charge >= 0.3 is 0 Å². The molecule has 1 aromatic rings. The molecule has 0 radical (unpaired) electrons. The molecule has 1 unspecified atom stereocenters. The molecule has 0 aliphatic heterocycles. The summed E-state index contributed by atoms with van der Waals surface area (Å²) >= 11 is 0. The van der Waals surface area contributed by atoms with Crippen molar-refractivity contribution in [3.05, 3.63) is 23.7 Å². The Kier molecular flexibility index (Phi) is 2.68. The van der Waals surface area contributed by atoms with Crippen LogP contribution in [0.4, 0.5) is 0 Å². The van der Waals surface area contributed by atoms with Crippen LogP contribution in [0.15, 0.2) is 16.5 Å². The second-order valence-corrected chi connectivity index (χ2v) is 2.53. The van der Waals surface area contributed by atoms with Crippen molar-refractivity contribution in [3.8, 4) is 0 Å². The molecule has 0 amide bonds. The fourth-order valence-electron chi connectivity index (χ4n) is 0.859. The van der Waals surface area contributed by atoms with Crippen molar-refractivity contribution < 1.29 is 9.15 Å². The van der Waals surface area contributed by atoms with Crippen molar-refractivity contribution >= 4 is 0 Å². The highest BCUT2D eigenvalue weighted by atomic mass is 16.5. The molecule has 1 aromatic heterocycles. The van der Waals surface area contributed by atoms with Crippen LogP contribution in [0.5, 0.6) is 0 Å². The number of ether oxygens (including phenoxy) is 1. The molecule has 1 rings (SSSR count). The van der Waals surface area contributed by atoms with Gasteiger partial charge in [0.2, 0.25) is 0 Å². The van der Waals surface area contributed by atoms with Gasteiger partial charge in [-0.25, -0.2) is 0 Å². The van der Waals surface area contributed by atoms with E-state index in [1.165, 1.54) is 0 Å². The van der Waals surface area contributed by atoms with Crippen molar-refractivity contribution in [2.75, 3.05) is 7.11 Å². The first-order valence-electron chi connectivity index (χ1n) is 3.57. The van der Waals surface area contributed by atoms with E-state index in [4.69, 9.17) is 14.9 Å². The predicted octanol–water partition coefficient (Wildman–Crippen LogP) is 1.45. The molecule has 1 heterocycles. The van der Waals surface area contributed by atoms with Gasteiger partial charge in [0, 0.05) is 7.11 Å². The van der Waals surface area contributed by atoms with Gasteiger partial charge in [-0.1, -0.05) is 0 Å². The van der Waals surface area contributed by atoms with Crippen LogP contribution in [0.25, 0.3) is 0 Å². The van der Waals surface area contributed by atoms with Gasteiger partial charge < -0.3 is 14.9 Å². The average Bonchev–Trinajstić information content (AvgIpc) is 2.37. The molecule has 3 nitrogen and oxygen atoms in total. The molecular formula is C8H13NO2.